The van der Waals surface area contributed by atoms with E-state index in [1.165, 1.54) is 5.56 Å². The van der Waals surface area contributed by atoms with Crippen molar-refractivity contribution in [3.05, 3.63) is 29.6 Å². The van der Waals surface area contributed by atoms with Gasteiger partial charge < -0.3 is 10.8 Å². The molecule has 0 unspecified atom stereocenters. The van der Waals surface area contributed by atoms with Crippen molar-refractivity contribution in [3.8, 4) is 0 Å². The van der Waals surface area contributed by atoms with E-state index in [0.717, 1.165) is 38.2 Å². The van der Waals surface area contributed by atoms with Crippen LogP contribution in [-0.4, -0.2) is 33.7 Å². The lowest BCUT2D eigenvalue weighted by atomic mass is 9.93. The van der Waals surface area contributed by atoms with Gasteiger partial charge in [-0.15, -0.1) is 0 Å². The Kier molecular flexibility index (Phi) is 3.76. The van der Waals surface area contributed by atoms with Gasteiger partial charge in [0.1, 0.15) is 0 Å². The second kappa shape index (κ2) is 5.12. The Morgan fingerprint density at radius 2 is 2.18 bits per heavy atom. The molecule has 1 saturated heterocycles. The summed E-state index contributed by atoms with van der Waals surface area (Å²) in [5.41, 5.74) is 7.38. The molecule has 1 aromatic rings. The van der Waals surface area contributed by atoms with Crippen LogP contribution in [0, 0.1) is 0 Å². The van der Waals surface area contributed by atoms with E-state index in [9.17, 15) is 5.11 Å². The third-order valence-electron chi connectivity index (χ3n) is 3.51. The number of aromatic nitrogens is 1. The average molecular weight is 235 g/mol. The SMILES string of the molecule is CC1(O)CCN(Cc2cccnc2CN)CC1. The lowest BCUT2D eigenvalue weighted by Gasteiger charge is -2.35. The minimum absolute atomic E-state index is 0.484. The zero-order valence-electron chi connectivity index (χ0n) is 10.4. The van der Waals surface area contributed by atoms with Gasteiger partial charge >= 0.3 is 0 Å². The normalized spacial score (nSPS) is 20.4. The quantitative estimate of drug-likeness (QED) is 0.816. The third-order valence-corrected chi connectivity index (χ3v) is 3.51. The molecule has 0 saturated carbocycles. The Labute approximate surface area is 102 Å². The van der Waals surface area contributed by atoms with Gasteiger partial charge in [0.2, 0.25) is 0 Å². The van der Waals surface area contributed by atoms with Crippen LogP contribution in [-0.2, 0) is 13.1 Å². The highest BCUT2D eigenvalue weighted by molar-refractivity contribution is 5.19. The largest absolute Gasteiger partial charge is 0.390 e. The van der Waals surface area contributed by atoms with Gasteiger partial charge in [0.05, 0.1) is 11.3 Å². The van der Waals surface area contributed by atoms with Gasteiger partial charge in [-0.3, -0.25) is 9.88 Å². The molecular formula is C13H21N3O. The number of aliphatic hydroxyl groups is 1. The Morgan fingerprint density at radius 1 is 1.47 bits per heavy atom. The molecule has 0 amide bonds. The highest BCUT2D eigenvalue weighted by atomic mass is 16.3. The predicted octanol–water partition coefficient (Wildman–Crippen LogP) is 0.887. The topological polar surface area (TPSA) is 62.4 Å². The number of hydrogen-bond donors (Lipinski definition) is 2. The van der Waals surface area contributed by atoms with Gasteiger partial charge in [-0.2, -0.15) is 0 Å². The Balaban J connectivity index is 1.98. The number of nitrogens with two attached hydrogens (primary N) is 1. The average Bonchev–Trinajstić information content (AvgIpc) is 2.32. The molecule has 1 aliphatic heterocycles. The summed E-state index contributed by atoms with van der Waals surface area (Å²) >= 11 is 0. The van der Waals surface area contributed by atoms with Gasteiger partial charge in [0.15, 0.2) is 0 Å². The van der Waals surface area contributed by atoms with E-state index in [1.807, 2.05) is 13.0 Å². The second-order valence-electron chi connectivity index (χ2n) is 5.09. The Hall–Kier alpha value is -0.970. The number of likely N-dealkylation sites (tertiary alicyclic amines) is 1. The molecule has 4 nitrogen and oxygen atoms in total. The standard InChI is InChI=1S/C13H21N3O/c1-13(17)4-7-16(8-5-13)10-11-3-2-6-15-12(11)9-14/h2-3,6,17H,4-5,7-10,14H2,1H3. The summed E-state index contributed by atoms with van der Waals surface area (Å²) in [6.45, 7) is 5.16. The number of hydrogen-bond acceptors (Lipinski definition) is 4. The van der Waals surface area contributed by atoms with E-state index in [0.29, 0.717) is 6.54 Å². The van der Waals surface area contributed by atoms with Crippen LogP contribution >= 0.6 is 0 Å². The van der Waals surface area contributed by atoms with Crippen LogP contribution in [0.2, 0.25) is 0 Å². The van der Waals surface area contributed by atoms with Gasteiger partial charge in [0, 0.05) is 32.4 Å². The maximum atomic E-state index is 9.90. The van der Waals surface area contributed by atoms with Gasteiger partial charge in [-0.05, 0) is 31.4 Å². The molecule has 0 bridgehead atoms. The zero-order chi connectivity index (χ0) is 12.3. The summed E-state index contributed by atoms with van der Waals surface area (Å²) in [6, 6.07) is 4.04. The summed E-state index contributed by atoms with van der Waals surface area (Å²) in [7, 11) is 0. The first-order chi connectivity index (χ1) is 8.11. The predicted molar refractivity (Wildman–Crippen MR) is 67.3 cm³/mol. The number of nitrogens with zero attached hydrogens (tertiary/aromatic N) is 2. The van der Waals surface area contributed by atoms with Crippen molar-refractivity contribution >= 4 is 0 Å². The molecule has 0 spiro atoms. The van der Waals surface area contributed by atoms with Crippen LogP contribution in [0.25, 0.3) is 0 Å². The smallest absolute Gasteiger partial charge is 0.0644 e. The van der Waals surface area contributed by atoms with E-state index in [4.69, 9.17) is 5.73 Å². The zero-order valence-corrected chi connectivity index (χ0v) is 10.4. The summed E-state index contributed by atoms with van der Waals surface area (Å²) < 4.78 is 0. The van der Waals surface area contributed by atoms with Crippen LogP contribution < -0.4 is 5.73 Å². The molecule has 0 aromatic carbocycles. The van der Waals surface area contributed by atoms with Crippen molar-refractivity contribution in [2.75, 3.05) is 13.1 Å². The van der Waals surface area contributed by atoms with Crippen LogP contribution in [0.4, 0.5) is 0 Å². The minimum atomic E-state index is -0.484. The van der Waals surface area contributed by atoms with E-state index in [2.05, 4.69) is 16.0 Å². The summed E-state index contributed by atoms with van der Waals surface area (Å²) in [5, 5.41) is 9.90. The first kappa shape index (κ1) is 12.5. The summed E-state index contributed by atoms with van der Waals surface area (Å²) in [6.07, 6.45) is 3.46. The molecule has 2 heterocycles. The molecule has 94 valence electrons. The van der Waals surface area contributed by atoms with Crippen molar-refractivity contribution in [1.82, 2.24) is 9.88 Å². The fourth-order valence-corrected chi connectivity index (χ4v) is 2.23. The fraction of sp³-hybridized carbons (Fsp3) is 0.615. The number of pyridine rings is 1. The fourth-order valence-electron chi connectivity index (χ4n) is 2.23. The molecular weight excluding hydrogens is 214 g/mol. The molecule has 1 fully saturated rings. The lowest BCUT2D eigenvalue weighted by Crippen LogP contribution is -2.42. The summed E-state index contributed by atoms with van der Waals surface area (Å²) in [4.78, 5) is 6.65. The van der Waals surface area contributed by atoms with Crippen molar-refractivity contribution < 1.29 is 5.11 Å². The van der Waals surface area contributed by atoms with Crippen molar-refractivity contribution in [3.63, 3.8) is 0 Å². The van der Waals surface area contributed by atoms with Crippen LogP contribution in [0.1, 0.15) is 31.0 Å². The maximum absolute atomic E-state index is 9.90. The number of rotatable bonds is 3. The molecule has 2 rings (SSSR count). The first-order valence-corrected chi connectivity index (χ1v) is 6.18. The minimum Gasteiger partial charge on any atom is -0.390 e. The monoisotopic (exact) mass is 235 g/mol. The molecule has 17 heavy (non-hydrogen) atoms. The molecule has 0 radical (unpaired) electrons. The first-order valence-electron chi connectivity index (χ1n) is 6.18. The van der Waals surface area contributed by atoms with Crippen molar-refractivity contribution in [1.29, 1.82) is 0 Å². The van der Waals surface area contributed by atoms with Gasteiger partial charge in [-0.25, -0.2) is 0 Å². The highest BCUT2D eigenvalue weighted by Gasteiger charge is 2.27. The maximum Gasteiger partial charge on any atom is 0.0644 e. The van der Waals surface area contributed by atoms with E-state index in [1.54, 1.807) is 6.20 Å². The molecule has 0 aliphatic carbocycles. The Bertz CT molecular complexity index is 369. The lowest BCUT2D eigenvalue weighted by molar-refractivity contribution is -0.00737. The molecule has 3 N–H and O–H groups in total. The van der Waals surface area contributed by atoms with Crippen molar-refractivity contribution in [2.45, 2.75) is 38.5 Å². The second-order valence-corrected chi connectivity index (χ2v) is 5.09. The molecule has 1 aliphatic rings. The van der Waals surface area contributed by atoms with E-state index < -0.39 is 5.60 Å². The van der Waals surface area contributed by atoms with Gasteiger partial charge in [-0.1, -0.05) is 6.07 Å². The van der Waals surface area contributed by atoms with Gasteiger partial charge in [0.25, 0.3) is 0 Å². The molecule has 1 aromatic heterocycles. The van der Waals surface area contributed by atoms with Crippen LogP contribution in [0.15, 0.2) is 18.3 Å². The van der Waals surface area contributed by atoms with Crippen LogP contribution in [0.3, 0.4) is 0 Å². The molecule has 4 heteroatoms. The third kappa shape index (κ3) is 3.25. The summed E-state index contributed by atoms with van der Waals surface area (Å²) in [5.74, 6) is 0. The molecule has 0 atom stereocenters. The Morgan fingerprint density at radius 3 is 2.82 bits per heavy atom. The van der Waals surface area contributed by atoms with Crippen LogP contribution in [0.5, 0.6) is 0 Å². The highest BCUT2D eigenvalue weighted by Crippen LogP contribution is 2.22. The van der Waals surface area contributed by atoms with E-state index >= 15 is 0 Å². The van der Waals surface area contributed by atoms with E-state index in [-0.39, 0.29) is 0 Å². The van der Waals surface area contributed by atoms with Crippen molar-refractivity contribution in [2.24, 2.45) is 5.73 Å². The number of piperidine rings is 1.